The molecule has 2 atom stereocenters. The minimum atomic E-state index is -4.08. The third-order valence-corrected chi connectivity index (χ3v) is 7.80. The fraction of sp³-hybridized carbons (Fsp3) is 0.304. The van der Waals surface area contributed by atoms with Crippen molar-refractivity contribution in [1.82, 2.24) is 9.78 Å². The van der Waals surface area contributed by atoms with Gasteiger partial charge in [0.2, 0.25) is 15.7 Å². The average Bonchev–Trinajstić information content (AvgIpc) is 2.74. The van der Waals surface area contributed by atoms with Crippen LogP contribution in [0.3, 0.4) is 0 Å². The first kappa shape index (κ1) is 22.8. The van der Waals surface area contributed by atoms with Crippen molar-refractivity contribution in [2.75, 3.05) is 0 Å². The van der Waals surface area contributed by atoms with Gasteiger partial charge in [-0.1, -0.05) is 12.1 Å². The van der Waals surface area contributed by atoms with E-state index < -0.39 is 27.1 Å². The Kier molecular flexibility index (Phi) is 5.25. The summed E-state index contributed by atoms with van der Waals surface area (Å²) in [5.41, 5.74) is -2.78. The second-order valence-electron chi connectivity index (χ2n) is 8.56. The molecule has 9 nitrogen and oxygen atoms in total. The quantitative estimate of drug-likeness (QED) is 0.592. The maximum absolute atomic E-state index is 13.2. The number of fused-ring (bicyclic) bond motifs is 1. The molecular weight excluding hydrogens is 448 g/mol. The molecule has 1 aliphatic rings. The summed E-state index contributed by atoms with van der Waals surface area (Å²) in [5, 5.41) is 25.6. The largest absolute Gasteiger partial charge is 0.507 e. The summed E-state index contributed by atoms with van der Waals surface area (Å²) in [5.74, 6) is 0.0272. The Morgan fingerprint density at radius 1 is 1.09 bits per heavy atom. The van der Waals surface area contributed by atoms with Gasteiger partial charge in [-0.25, -0.2) is 13.1 Å². The van der Waals surface area contributed by atoms with Crippen LogP contribution in [0.5, 0.6) is 17.4 Å². The Labute approximate surface area is 190 Å². The van der Waals surface area contributed by atoms with E-state index in [2.05, 4.69) is 5.10 Å². The summed E-state index contributed by atoms with van der Waals surface area (Å²) in [6.45, 7) is 4.90. The number of benzene rings is 2. The number of nitrogens with zero attached hydrogens (tertiary/aromatic N) is 2. The van der Waals surface area contributed by atoms with Crippen molar-refractivity contribution in [2.24, 2.45) is 7.05 Å². The van der Waals surface area contributed by atoms with E-state index in [0.29, 0.717) is 5.75 Å². The molecule has 4 rings (SSSR count). The van der Waals surface area contributed by atoms with E-state index >= 15 is 0 Å². The molecule has 0 bridgehead atoms. The number of phenolic OH excluding ortho intramolecular Hbond substituents is 1. The highest BCUT2D eigenvalue weighted by Gasteiger charge is 2.54. The molecule has 0 spiro atoms. The molecule has 0 aliphatic carbocycles. The molecule has 10 heteroatoms. The van der Waals surface area contributed by atoms with Gasteiger partial charge in [-0.3, -0.25) is 4.79 Å². The lowest BCUT2D eigenvalue weighted by molar-refractivity contribution is -0.175. The number of para-hydroxylation sites is 1. The SMILES string of the molecule is Cn1nc(O[C@@H]2c3cc(S(=O)(=O)c4ccccc4O)ccc3OC(C)(C)[C@@]2(C)O)ccc1=O. The second kappa shape index (κ2) is 7.60. The first-order chi connectivity index (χ1) is 15.3. The van der Waals surface area contributed by atoms with Crippen LogP contribution in [-0.4, -0.2) is 39.6 Å². The summed E-state index contributed by atoms with van der Waals surface area (Å²) in [4.78, 5) is 11.3. The van der Waals surface area contributed by atoms with Crippen molar-refractivity contribution in [3.8, 4) is 17.4 Å². The van der Waals surface area contributed by atoms with Gasteiger partial charge in [-0.05, 0) is 51.1 Å². The third kappa shape index (κ3) is 3.75. The normalized spacial score (nSPS) is 21.7. The number of aromatic hydroxyl groups is 1. The predicted molar refractivity (Wildman–Crippen MR) is 118 cm³/mol. The van der Waals surface area contributed by atoms with Gasteiger partial charge < -0.3 is 19.7 Å². The van der Waals surface area contributed by atoms with Gasteiger partial charge in [0.05, 0.1) is 4.90 Å². The van der Waals surface area contributed by atoms with E-state index in [4.69, 9.17) is 9.47 Å². The van der Waals surface area contributed by atoms with E-state index in [-0.39, 0.29) is 32.5 Å². The second-order valence-corrected chi connectivity index (χ2v) is 10.5. The molecule has 2 heterocycles. The lowest BCUT2D eigenvalue weighted by Gasteiger charge is -2.48. The molecule has 174 valence electrons. The highest BCUT2D eigenvalue weighted by Crippen LogP contribution is 2.48. The van der Waals surface area contributed by atoms with E-state index in [0.717, 1.165) is 4.68 Å². The van der Waals surface area contributed by atoms with Gasteiger partial charge in [-0.15, -0.1) is 5.10 Å². The minimum Gasteiger partial charge on any atom is -0.507 e. The van der Waals surface area contributed by atoms with Gasteiger partial charge in [0.25, 0.3) is 5.56 Å². The predicted octanol–water partition coefficient (Wildman–Crippen LogP) is 2.36. The van der Waals surface area contributed by atoms with Crippen LogP contribution in [0.2, 0.25) is 0 Å². The summed E-state index contributed by atoms with van der Waals surface area (Å²) >= 11 is 0. The minimum absolute atomic E-state index is 0.0694. The number of sulfone groups is 1. The van der Waals surface area contributed by atoms with Crippen LogP contribution in [0.4, 0.5) is 0 Å². The molecule has 0 saturated heterocycles. The molecule has 2 aromatic carbocycles. The van der Waals surface area contributed by atoms with Gasteiger partial charge in [0, 0.05) is 24.7 Å². The number of hydrogen-bond donors (Lipinski definition) is 2. The smallest absolute Gasteiger partial charge is 0.266 e. The van der Waals surface area contributed by atoms with Crippen LogP contribution in [0.15, 0.2) is 69.2 Å². The van der Waals surface area contributed by atoms with Crippen molar-refractivity contribution >= 4 is 9.84 Å². The lowest BCUT2D eigenvalue weighted by Crippen LogP contribution is -2.59. The Hall–Kier alpha value is -3.37. The lowest BCUT2D eigenvalue weighted by atomic mass is 9.77. The molecule has 0 radical (unpaired) electrons. The third-order valence-electron chi connectivity index (χ3n) is 6.00. The maximum Gasteiger partial charge on any atom is 0.266 e. The first-order valence-electron chi connectivity index (χ1n) is 10.1. The van der Waals surface area contributed by atoms with Gasteiger partial charge in [-0.2, -0.15) is 0 Å². The number of rotatable bonds is 4. The van der Waals surface area contributed by atoms with E-state index in [1.165, 1.54) is 68.6 Å². The van der Waals surface area contributed by atoms with Crippen LogP contribution >= 0.6 is 0 Å². The maximum atomic E-state index is 13.2. The number of aryl methyl sites for hydroxylation is 1. The molecule has 0 unspecified atom stereocenters. The highest BCUT2D eigenvalue weighted by molar-refractivity contribution is 7.91. The molecule has 0 saturated carbocycles. The molecule has 2 N–H and O–H groups in total. The molecular formula is C23H24N2O7S. The van der Waals surface area contributed by atoms with Crippen LogP contribution in [0.25, 0.3) is 0 Å². The standard InChI is InChI=1S/C23H24N2O7S/c1-22(2)23(3,28)21(31-19-11-12-20(27)25(4)24-19)15-13-14(9-10-17(15)32-22)33(29,30)18-8-6-5-7-16(18)26/h5-13,21,26,28H,1-4H3/t21-,23+/m1/s1. The Bertz CT molecular complexity index is 1390. The van der Waals surface area contributed by atoms with Crippen molar-refractivity contribution in [3.05, 3.63) is 70.5 Å². The van der Waals surface area contributed by atoms with Crippen molar-refractivity contribution in [1.29, 1.82) is 0 Å². The van der Waals surface area contributed by atoms with Gasteiger partial charge in [0.15, 0.2) is 6.10 Å². The molecule has 3 aromatic rings. The number of aromatic nitrogens is 2. The number of aliphatic hydroxyl groups is 1. The zero-order chi connectivity index (χ0) is 24.2. The summed E-state index contributed by atoms with van der Waals surface area (Å²) in [6.07, 6.45) is -1.08. The summed E-state index contributed by atoms with van der Waals surface area (Å²) in [7, 11) is -2.62. The fourth-order valence-corrected chi connectivity index (χ4v) is 5.03. The van der Waals surface area contributed by atoms with Crippen molar-refractivity contribution in [3.63, 3.8) is 0 Å². The van der Waals surface area contributed by atoms with Gasteiger partial charge >= 0.3 is 0 Å². The topological polar surface area (TPSA) is 128 Å². The van der Waals surface area contributed by atoms with E-state index in [9.17, 15) is 23.4 Å². The first-order valence-corrected chi connectivity index (χ1v) is 11.6. The number of phenols is 1. The van der Waals surface area contributed by atoms with Crippen molar-refractivity contribution in [2.45, 2.75) is 47.9 Å². The Morgan fingerprint density at radius 3 is 2.45 bits per heavy atom. The van der Waals surface area contributed by atoms with Crippen molar-refractivity contribution < 1.29 is 28.1 Å². The van der Waals surface area contributed by atoms with Crippen LogP contribution in [0, 0.1) is 0 Å². The van der Waals surface area contributed by atoms with E-state index in [1.807, 2.05) is 0 Å². The van der Waals surface area contributed by atoms with Crippen LogP contribution in [-0.2, 0) is 16.9 Å². The van der Waals surface area contributed by atoms with Crippen LogP contribution in [0.1, 0.15) is 32.4 Å². The zero-order valence-electron chi connectivity index (χ0n) is 18.5. The molecule has 0 fully saturated rings. The van der Waals surface area contributed by atoms with Crippen LogP contribution < -0.4 is 15.0 Å². The fourth-order valence-electron chi connectivity index (χ4n) is 3.64. The molecule has 0 amide bonds. The summed E-state index contributed by atoms with van der Waals surface area (Å²) < 4.78 is 39.5. The number of ether oxygens (including phenoxy) is 2. The molecule has 1 aromatic heterocycles. The van der Waals surface area contributed by atoms with Gasteiger partial charge in [0.1, 0.15) is 27.6 Å². The Morgan fingerprint density at radius 2 is 1.79 bits per heavy atom. The summed E-state index contributed by atoms with van der Waals surface area (Å²) in [6, 6.07) is 12.5. The monoisotopic (exact) mass is 472 g/mol. The molecule has 1 aliphatic heterocycles. The average molecular weight is 473 g/mol. The highest BCUT2D eigenvalue weighted by atomic mass is 32.2. The zero-order valence-corrected chi connectivity index (χ0v) is 19.3. The van der Waals surface area contributed by atoms with E-state index in [1.54, 1.807) is 13.8 Å². The number of hydrogen-bond acceptors (Lipinski definition) is 8. The Balaban J connectivity index is 1.87. The molecule has 33 heavy (non-hydrogen) atoms.